The number of fused-ring (bicyclic) bond motifs is 2. The monoisotopic (exact) mass is 367 g/mol. The number of nitrogens with zero attached hydrogens (tertiary/aromatic N) is 3. The Balaban J connectivity index is 1.52. The number of aromatic nitrogens is 3. The highest BCUT2D eigenvalue weighted by Crippen LogP contribution is 2.23. The number of benzene rings is 1. The fraction of sp³-hybridized carbons (Fsp3) is 0.263. The van der Waals surface area contributed by atoms with Gasteiger partial charge in [-0.25, -0.2) is 4.98 Å². The maximum atomic E-state index is 11.1. The van der Waals surface area contributed by atoms with Crippen LogP contribution in [0.1, 0.15) is 30.6 Å². The summed E-state index contributed by atoms with van der Waals surface area (Å²) in [4.78, 5) is 16.8. The topological polar surface area (TPSA) is 77.4 Å². The van der Waals surface area contributed by atoms with Crippen LogP contribution in [-0.2, 0) is 17.9 Å². The van der Waals surface area contributed by atoms with E-state index in [4.69, 9.17) is 5.73 Å². The first-order valence-electron chi connectivity index (χ1n) is 8.62. The lowest BCUT2D eigenvalue weighted by Gasteiger charge is -2.10. The van der Waals surface area contributed by atoms with Crippen molar-refractivity contribution in [1.29, 1.82) is 0 Å². The number of nitrogens with one attached hydrogen (secondary N) is 1. The van der Waals surface area contributed by atoms with E-state index < -0.39 is 0 Å². The minimum Gasteiger partial charge on any atom is -0.370 e. The molecule has 3 heterocycles. The van der Waals surface area contributed by atoms with Gasteiger partial charge in [0, 0.05) is 60.4 Å². The third-order valence-electron chi connectivity index (χ3n) is 4.62. The van der Waals surface area contributed by atoms with Crippen LogP contribution in [0.2, 0.25) is 0 Å². The Hall–Kier alpha value is -2.64. The van der Waals surface area contributed by atoms with Crippen molar-refractivity contribution in [3.05, 3.63) is 59.5 Å². The lowest BCUT2D eigenvalue weighted by molar-refractivity contribution is -0.118. The molecule has 3 N–H and O–H groups in total. The Labute approximate surface area is 155 Å². The molecular formula is C19H21N5OS. The van der Waals surface area contributed by atoms with Crippen molar-refractivity contribution in [3.8, 4) is 0 Å². The van der Waals surface area contributed by atoms with E-state index in [2.05, 4.69) is 46.3 Å². The zero-order valence-corrected chi connectivity index (χ0v) is 15.4. The van der Waals surface area contributed by atoms with E-state index in [1.165, 1.54) is 10.9 Å². The van der Waals surface area contributed by atoms with E-state index in [1.54, 1.807) is 11.3 Å². The second kappa shape index (κ2) is 6.93. The van der Waals surface area contributed by atoms with E-state index >= 15 is 0 Å². The molecule has 0 aliphatic heterocycles. The molecule has 0 bridgehead atoms. The summed E-state index contributed by atoms with van der Waals surface area (Å²) in [5.74, 6) is -0.282. The van der Waals surface area contributed by atoms with Gasteiger partial charge in [-0.05, 0) is 18.6 Å². The SMILES string of the molecule is C[C@H](NCc1cn(CCC(N)=O)c2ccccc12)c1cn2ccsc2n1. The number of imidazole rings is 1. The second-order valence-corrected chi connectivity index (χ2v) is 7.32. The van der Waals surface area contributed by atoms with Gasteiger partial charge in [-0.15, -0.1) is 11.3 Å². The van der Waals surface area contributed by atoms with E-state index in [0.29, 0.717) is 13.0 Å². The van der Waals surface area contributed by atoms with Crippen molar-refractivity contribution in [2.45, 2.75) is 32.5 Å². The second-order valence-electron chi connectivity index (χ2n) is 6.44. The van der Waals surface area contributed by atoms with Crippen molar-refractivity contribution < 1.29 is 4.79 Å². The summed E-state index contributed by atoms with van der Waals surface area (Å²) in [6, 6.07) is 8.39. The first-order valence-corrected chi connectivity index (χ1v) is 9.50. The van der Waals surface area contributed by atoms with Crippen LogP contribution in [0.15, 0.2) is 48.2 Å². The minimum atomic E-state index is -0.282. The average Bonchev–Trinajstić information content (AvgIpc) is 3.31. The molecule has 134 valence electrons. The van der Waals surface area contributed by atoms with Gasteiger partial charge in [-0.2, -0.15) is 0 Å². The molecule has 1 aromatic carbocycles. The van der Waals surface area contributed by atoms with Crippen molar-refractivity contribution in [3.63, 3.8) is 0 Å². The Bertz CT molecular complexity index is 1030. The summed E-state index contributed by atoms with van der Waals surface area (Å²) in [5, 5.41) is 6.79. The van der Waals surface area contributed by atoms with E-state index in [-0.39, 0.29) is 11.9 Å². The average molecular weight is 367 g/mol. The molecule has 7 heteroatoms. The van der Waals surface area contributed by atoms with Gasteiger partial charge in [0.05, 0.1) is 5.69 Å². The van der Waals surface area contributed by atoms with Gasteiger partial charge in [0.15, 0.2) is 4.96 Å². The predicted molar refractivity (Wildman–Crippen MR) is 104 cm³/mol. The molecule has 0 saturated heterocycles. The number of nitrogens with two attached hydrogens (primary N) is 1. The third kappa shape index (κ3) is 3.23. The molecule has 0 saturated carbocycles. The number of primary amides is 1. The van der Waals surface area contributed by atoms with Crippen molar-refractivity contribution in [2.75, 3.05) is 0 Å². The van der Waals surface area contributed by atoms with Crippen LogP contribution < -0.4 is 11.1 Å². The molecule has 0 aliphatic carbocycles. The van der Waals surface area contributed by atoms with Gasteiger partial charge < -0.3 is 15.6 Å². The Morgan fingerprint density at radius 3 is 3.00 bits per heavy atom. The summed E-state index contributed by atoms with van der Waals surface area (Å²) >= 11 is 1.64. The third-order valence-corrected chi connectivity index (χ3v) is 5.40. The molecule has 4 aromatic rings. The first-order chi connectivity index (χ1) is 12.6. The van der Waals surface area contributed by atoms with Crippen LogP contribution in [0, 0.1) is 0 Å². The molecule has 26 heavy (non-hydrogen) atoms. The number of carbonyl (C=O) groups excluding carboxylic acids is 1. The molecule has 1 atom stereocenters. The molecule has 0 radical (unpaired) electrons. The molecule has 4 rings (SSSR count). The molecule has 0 aliphatic rings. The van der Waals surface area contributed by atoms with Crippen molar-refractivity contribution >= 4 is 33.1 Å². The van der Waals surface area contributed by atoms with Crippen LogP contribution >= 0.6 is 11.3 Å². The number of carbonyl (C=O) groups is 1. The molecule has 0 spiro atoms. The van der Waals surface area contributed by atoms with Gasteiger partial charge in [-0.3, -0.25) is 9.20 Å². The molecular weight excluding hydrogens is 346 g/mol. The van der Waals surface area contributed by atoms with Crippen molar-refractivity contribution in [1.82, 2.24) is 19.3 Å². The van der Waals surface area contributed by atoms with Crippen LogP contribution in [0.25, 0.3) is 15.9 Å². The number of para-hydroxylation sites is 1. The smallest absolute Gasteiger partial charge is 0.219 e. The van der Waals surface area contributed by atoms with Gasteiger partial charge in [0.25, 0.3) is 0 Å². The lowest BCUT2D eigenvalue weighted by atomic mass is 10.1. The summed E-state index contributed by atoms with van der Waals surface area (Å²) in [5.41, 5.74) is 8.67. The number of hydrogen-bond acceptors (Lipinski definition) is 4. The van der Waals surface area contributed by atoms with E-state index in [0.717, 1.165) is 22.7 Å². The Morgan fingerprint density at radius 2 is 2.19 bits per heavy atom. The zero-order chi connectivity index (χ0) is 18.1. The Kier molecular flexibility index (Phi) is 4.48. The van der Waals surface area contributed by atoms with Gasteiger partial charge in [0.1, 0.15) is 0 Å². The zero-order valence-electron chi connectivity index (χ0n) is 14.6. The van der Waals surface area contributed by atoms with Gasteiger partial charge in [0.2, 0.25) is 5.91 Å². The number of thiazole rings is 1. The van der Waals surface area contributed by atoms with Crippen LogP contribution in [0.3, 0.4) is 0 Å². The molecule has 0 fully saturated rings. The summed E-state index contributed by atoms with van der Waals surface area (Å²) in [6.07, 6.45) is 6.54. The molecule has 1 amide bonds. The number of rotatable bonds is 7. The number of hydrogen-bond donors (Lipinski definition) is 2. The van der Waals surface area contributed by atoms with Gasteiger partial charge >= 0.3 is 0 Å². The maximum Gasteiger partial charge on any atom is 0.219 e. The van der Waals surface area contributed by atoms with E-state index in [9.17, 15) is 4.79 Å². The fourth-order valence-corrected chi connectivity index (χ4v) is 3.91. The molecule has 0 unspecified atom stereocenters. The van der Waals surface area contributed by atoms with Crippen LogP contribution in [-0.4, -0.2) is 19.9 Å². The lowest BCUT2D eigenvalue weighted by Crippen LogP contribution is -2.18. The molecule has 3 aromatic heterocycles. The normalized spacial score (nSPS) is 12.8. The van der Waals surface area contributed by atoms with Crippen molar-refractivity contribution in [2.24, 2.45) is 5.73 Å². The maximum absolute atomic E-state index is 11.1. The summed E-state index contributed by atoms with van der Waals surface area (Å²) in [7, 11) is 0. The van der Waals surface area contributed by atoms with Crippen LogP contribution in [0.4, 0.5) is 0 Å². The Morgan fingerprint density at radius 1 is 1.35 bits per heavy atom. The summed E-state index contributed by atoms with van der Waals surface area (Å²) < 4.78 is 4.16. The highest BCUT2D eigenvalue weighted by molar-refractivity contribution is 7.15. The quantitative estimate of drug-likeness (QED) is 0.527. The first kappa shape index (κ1) is 16.8. The summed E-state index contributed by atoms with van der Waals surface area (Å²) in [6.45, 7) is 3.46. The number of aryl methyl sites for hydroxylation is 1. The standard InChI is InChI=1S/C19H21N5OS/c1-13(16-12-24-8-9-26-19(24)22-16)21-10-14-11-23(7-6-18(20)25)17-5-3-2-4-15(14)17/h2-5,8-9,11-13,21H,6-7,10H2,1H3,(H2,20,25)/t13-/m0/s1. The highest BCUT2D eigenvalue weighted by Gasteiger charge is 2.13. The van der Waals surface area contributed by atoms with E-state index in [1.807, 2.05) is 28.1 Å². The number of amides is 1. The largest absolute Gasteiger partial charge is 0.370 e. The highest BCUT2D eigenvalue weighted by atomic mass is 32.1. The molecule has 6 nitrogen and oxygen atoms in total. The minimum absolute atomic E-state index is 0.148. The van der Waals surface area contributed by atoms with Gasteiger partial charge in [-0.1, -0.05) is 18.2 Å². The fourth-order valence-electron chi connectivity index (χ4n) is 3.20. The predicted octanol–water partition coefficient (Wildman–Crippen LogP) is 3.08. The van der Waals surface area contributed by atoms with Crippen LogP contribution in [0.5, 0.6) is 0 Å².